The van der Waals surface area contributed by atoms with Crippen LogP contribution in [0.5, 0.6) is 0 Å². The highest BCUT2D eigenvalue weighted by atomic mass is 79.9. The fraction of sp³-hybridized carbons (Fsp3) is 0.250. The lowest BCUT2D eigenvalue weighted by molar-refractivity contribution is 0.145. The van der Waals surface area contributed by atoms with Crippen LogP contribution in [0.2, 0.25) is 0 Å². The van der Waals surface area contributed by atoms with Crippen molar-refractivity contribution >= 4 is 15.9 Å². The van der Waals surface area contributed by atoms with Gasteiger partial charge in [-0.1, -0.05) is 15.9 Å². The number of aromatic nitrogens is 1. The molecule has 0 fully saturated rings. The molecule has 1 rings (SSSR count). The molecule has 0 atom stereocenters. The Bertz CT molecular complexity index is 436. The summed E-state index contributed by atoms with van der Waals surface area (Å²) in [5.41, 5.74) is -1.26. The van der Waals surface area contributed by atoms with E-state index in [0.29, 0.717) is 0 Å². The van der Waals surface area contributed by atoms with Crippen LogP contribution >= 0.6 is 15.9 Å². The maximum atomic E-state index is 12.4. The third-order valence-corrected chi connectivity index (χ3v) is 2.20. The topological polar surface area (TPSA) is 56.6 Å². The Hall–Kier alpha value is -1.22. The molecule has 3 nitrogen and oxygen atoms in total. The van der Waals surface area contributed by atoms with Crippen LogP contribution in [0, 0.1) is 11.3 Å². The fourth-order valence-electron chi connectivity index (χ4n) is 0.992. The average Bonchev–Trinajstić information content (AvgIpc) is 2.16. The van der Waals surface area contributed by atoms with Crippen molar-refractivity contribution in [3.05, 3.63) is 33.2 Å². The number of hydrogen-bond donors (Lipinski definition) is 1. The van der Waals surface area contributed by atoms with Crippen molar-refractivity contribution in [2.75, 3.05) is 0 Å². The molecular formula is C8H5BrF2N2O. The number of nitrogens with zero attached hydrogens (tertiary/aromatic N) is 1. The standard InChI is InChI=1S/C8H5BrF2N2O/c9-2-5-6(14)1-4(3-12)13-7(5)8(10)11/h1,8H,2H2,(H,13,14). The van der Waals surface area contributed by atoms with Gasteiger partial charge in [-0.2, -0.15) is 5.26 Å². The second-order valence-corrected chi connectivity index (χ2v) is 3.05. The highest BCUT2D eigenvalue weighted by molar-refractivity contribution is 9.08. The Morgan fingerprint density at radius 3 is 2.71 bits per heavy atom. The summed E-state index contributed by atoms with van der Waals surface area (Å²) in [6.07, 6.45) is -2.79. The van der Waals surface area contributed by atoms with E-state index in [0.717, 1.165) is 6.07 Å². The zero-order valence-corrected chi connectivity index (χ0v) is 8.44. The molecule has 0 amide bonds. The number of aromatic amines is 1. The summed E-state index contributed by atoms with van der Waals surface area (Å²) in [5, 5.41) is 8.49. The van der Waals surface area contributed by atoms with Gasteiger partial charge >= 0.3 is 0 Å². The van der Waals surface area contributed by atoms with Crippen LogP contribution in [0.4, 0.5) is 8.78 Å². The number of hydrogen-bond acceptors (Lipinski definition) is 2. The van der Waals surface area contributed by atoms with Crippen molar-refractivity contribution in [3.8, 4) is 6.07 Å². The summed E-state index contributed by atoms with van der Waals surface area (Å²) in [6.45, 7) is 0. The molecule has 1 aromatic rings. The number of alkyl halides is 3. The molecule has 0 aromatic carbocycles. The van der Waals surface area contributed by atoms with Crippen LogP contribution in [0.1, 0.15) is 23.4 Å². The molecule has 0 unspecified atom stereocenters. The van der Waals surface area contributed by atoms with Gasteiger partial charge in [0.25, 0.3) is 6.43 Å². The molecule has 0 aliphatic heterocycles. The Kier molecular flexibility index (Phi) is 3.36. The third-order valence-electron chi connectivity index (χ3n) is 1.64. The molecule has 0 bridgehead atoms. The van der Waals surface area contributed by atoms with Crippen molar-refractivity contribution in [1.29, 1.82) is 5.26 Å². The molecular weight excluding hydrogens is 258 g/mol. The number of H-pyrrole nitrogens is 1. The molecule has 1 aromatic heterocycles. The minimum atomic E-state index is -2.79. The lowest BCUT2D eigenvalue weighted by Crippen LogP contribution is -2.13. The van der Waals surface area contributed by atoms with E-state index < -0.39 is 17.5 Å². The van der Waals surface area contributed by atoms with Gasteiger partial charge in [0.15, 0.2) is 5.43 Å². The molecule has 0 aliphatic rings. The van der Waals surface area contributed by atoms with Gasteiger partial charge in [0.1, 0.15) is 11.8 Å². The third kappa shape index (κ3) is 1.99. The summed E-state index contributed by atoms with van der Waals surface area (Å²) in [4.78, 5) is 13.4. The van der Waals surface area contributed by atoms with E-state index in [4.69, 9.17) is 5.26 Å². The minimum absolute atomic E-state index is 0.0354. The number of pyridine rings is 1. The molecule has 6 heteroatoms. The number of rotatable bonds is 2. The van der Waals surface area contributed by atoms with Gasteiger partial charge in [-0.3, -0.25) is 4.79 Å². The van der Waals surface area contributed by atoms with E-state index in [1.54, 1.807) is 6.07 Å². The largest absolute Gasteiger partial charge is 0.345 e. The Labute approximate surface area is 86.5 Å². The Morgan fingerprint density at radius 2 is 2.29 bits per heavy atom. The van der Waals surface area contributed by atoms with Crippen molar-refractivity contribution in [2.45, 2.75) is 11.8 Å². The molecule has 0 saturated carbocycles. The van der Waals surface area contributed by atoms with Gasteiger partial charge in [-0.25, -0.2) is 8.78 Å². The first-order valence-electron chi connectivity index (χ1n) is 3.60. The van der Waals surface area contributed by atoms with Gasteiger partial charge < -0.3 is 4.98 Å². The maximum Gasteiger partial charge on any atom is 0.278 e. The van der Waals surface area contributed by atoms with Crippen LogP contribution in [-0.4, -0.2) is 4.98 Å². The van der Waals surface area contributed by atoms with Crippen molar-refractivity contribution in [1.82, 2.24) is 4.98 Å². The molecule has 0 saturated heterocycles. The first kappa shape index (κ1) is 10.9. The van der Waals surface area contributed by atoms with E-state index in [1.807, 2.05) is 0 Å². The summed E-state index contributed by atoms with van der Waals surface area (Å²) >= 11 is 2.94. The first-order chi connectivity index (χ1) is 6.60. The fourth-order valence-corrected chi connectivity index (χ4v) is 1.57. The SMILES string of the molecule is N#Cc1cc(=O)c(CBr)c(C(F)F)[nH]1. The Morgan fingerprint density at radius 1 is 1.64 bits per heavy atom. The van der Waals surface area contributed by atoms with E-state index in [1.165, 1.54) is 0 Å². The highest BCUT2D eigenvalue weighted by Gasteiger charge is 2.16. The van der Waals surface area contributed by atoms with E-state index in [9.17, 15) is 13.6 Å². The van der Waals surface area contributed by atoms with Gasteiger partial charge in [0, 0.05) is 17.0 Å². The number of nitriles is 1. The van der Waals surface area contributed by atoms with Crippen LogP contribution in [-0.2, 0) is 5.33 Å². The molecule has 0 aliphatic carbocycles. The van der Waals surface area contributed by atoms with Crippen molar-refractivity contribution in [3.63, 3.8) is 0 Å². The van der Waals surface area contributed by atoms with Crippen LogP contribution in [0.3, 0.4) is 0 Å². The minimum Gasteiger partial charge on any atom is -0.345 e. The molecule has 0 spiro atoms. The van der Waals surface area contributed by atoms with Crippen molar-refractivity contribution < 1.29 is 8.78 Å². The maximum absolute atomic E-state index is 12.4. The number of halogens is 3. The van der Waals surface area contributed by atoms with Crippen molar-refractivity contribution in [2.24, 2.45) is 0 Å². The molecule has 74 valence electrons. The van der Waals surface area contributed by atoms with Gasteiger partial charge in [-0.05, 0) is 0 Å². The molecule has 14 heavy (non-hydrogen) atoms. The first-order valence-corrected chi connectivity index (χ1v) is 4.72. The predicted octanol–water partition coefficient (Wildman–Crippen LogP) is 2.08. The average molecular weight is 263 g/mol. The monoisotopic (exact) mass is 262 g/mol. The second kappa shape index (κ2) is 4.33. The van der Waals surface area contributed by atoms with Crippen LogP contribution in [0.25, 0.3) is 0 Å². The summed E-state index contributed by atoms with van der Waals surface area (Å²) in [5.74, 6) is 0. The van der Waals surface area contributed by atoms with E-state index in [2.05, 4.69) is 20.9 Å². The second-order valence-electron chi connectivity index (χ2n) is 2.49. The summed E-state index contributed by atoms with van der Waals surface area (Å²) < 4.78 is 24.8. The predicted molar refractivity (Wildman–Crippen MR) is 49.4 cm³/mol. The molecule has 1 heterocycles. The Balaban J connectivity index is 3.45. The van der Waals surface area contributed by atoms with Gasteiger partial charge in [-0.15, -0.1) is 0 Å². The van der Waals surface area contributed by atoms with Crippen LogP contribution in [0.15, 0.2) is 10.9 Å². The lowest BCUT2D eigenvalue weighted by atomic mass is 10.2. The molecule has 1 N–H and O–H groups in total. The van der Waals surface area contributed by atoms with E-state index >= 15 is 0 Å². The van der Waals surface area contributed by atoms with Gasteiger partial charge in [0.2, 0.25) is 0 Å². The zero-order valence-electron chi connectivity index (χ0n) is 6.85. The summed E-state index contributed by atoms with van der Waals surface area (Å²) in [7, 11) is 0. The molecule has 0 radical (unpaired) electrons. The zero-order chi connectivity index (χ0) is 10.7. The normalized spacial score (nSPS) is 10.2. The lowest BCUT2D eigenvalue weighted by Gasteiger charge is -2.05. The van der Waals surface area contributed by atoms with Crippen LogP contribution < -0.4 is 5.43 Å². The quantitative estimate of drug-likeness (QED) is 0.830. The highest BCUT2D eigenvalue weighted by Crippen LogP contribution is 2.20. The van der Waals surface area contributed by atoms with Gasteiger partial charge in [0.05, 0.1) is 5.69 Å². The number of nitrogens with one attached hydrogen (secondary N) is 1. The van der Waals surface area contributed by atoms with E-state index in [-0.39, 0.29) is 16.6 Å². The summed E-state index contributed by atoms with van der Waals surface area (Å²) in [6, 6.07) is 2.61. The smallest absolute Gasteiger partial charge is 0.278 e.